The van der Waals surface area contributed by atoms with E-state index in [0.717, 1.165) is 29.4 Å². The van der Waals surface area contributed by atoms with Gasteiger partial charge in [0.2, 0.25) is 0 Å². The standard InChI is InChI=1S/C17H19ClN2/c1-11(2)8-15-10-16(18)20-17(19-15)14-5-3-4-13(9-14)12-6-7-12/h3-5,9-12H,6-8H2,1-2H3. The van der Waals surface area contributed by atoms with E-state index in [0.29, 0.717) is 11.1 Å². The molecule has 104 valence electrons. The quantitative estimate of drug-likeness (QED) is 0.749. The highest BCUT2D eigenvalue weighted by molar-refractivity contribution is 6.29. The summed E-state index contributed by atoms with van der Waals surface area (Å²) in [6.07, 6.45) is 3.54. The summed E-state index contributed by atoms with van der Waals surface area (Å²) >= 11 is 6.15. The molecule has 1 saturated carbocycles. The zero-order chi connectivity index (χ0) is 14.1. The van der Waals surface area contributed by atoms with E-state index < -0.39 is 0 Å². The van der Waals surface area contributed by atoms with Gasteiger partial charge in [0.05, 0.1) is 0 Å². The molecule has 2 nitrogen and oxygen atoms in total. The molecule has 3 heteroatoms. The molecule has 0 bridgehead atoms. The van der Waals surface area contributed by atoms with Crippen LogP contribution in [0.2, 0.25) is 5.15 Å². The number of hydrogen-bond donors (Lipinski definition) is 0. The second-order valence-electron chi connectivity index (χ2n) is 6.00. The molecule has 1 heterocycles. The van der Waals surface area contributed by atoms with Gasteiger partial charge in [0.1, 0.15) is 5.15 Å². The predicted molar refractivity (Wildman–Crippen MR) is 83.0 cm³/mol. The van der Waals surface area contributed by atoms with Crippen molar-refractivity contribution in [2.45, 2.75) is 39.0 Å². The molecule has 0 spiro atoms. The van der Waals surface area contributed by atoms with Crippen LogP contribution in [0, 0.1) is 5.92 Å². The minimum atomic E-state index is 0.530. The maximum Gasteiger partial charge on any atom is 0.161 e. The van der Waals surface area contributed by atoms with Gasteiger partial charge in [-0.05, 0) is 48.8 Å². The zero-order valence-corrected chi connectivity index (χ0v) is 12.7. The number of halogens is 1. The van der Waals surface area contributed by atoms with Gasteiger partial charge < -0.3 is 0 Å². The molecule has 3 rings (SSSR count). The van der Waals surface area contributed by atoms with Gasteiger partial charge >= 0.3 is 0 Å². The molecule has 0 unspecified atom stereocenters. The zero-order valence-electron chi connectivity index (χ0n) is 11.9. The fourth-order valence-electron chi connectivity index (χ4n) is 2.46. The van der Waals surface area contributed by atoms with Crippen molar-refractivity contribution in [1.82, 2.24) is 9.97 Å². The lowest BCUT2D eigenvalue weighted by Crippen LogP contribution is -2.01. The van der Waals surface area contributed by atoms with Gasteiger partial charge in [-0.2, -0.15) is 0 Å². The lowest BCUT2D eigenvalue weighted by atomic mass is 10.1. The monoisotopic (exact) mass is 286 g/mol. The summed E-state index contributed by atoms with van der Waals surface area (Å²) in [5.74, 6) is 2.05. The van der Waals surface area contributed by atoms with E-state index in [4.69, 9.17) is 11.6 Å². The Balaban J connectivity index is 1.96. The SMILES string of the molecule is CC(C)Cc1cc(Cl)nc(-c2cccc(C3CC3)c2)n1. The highest BCUT2D eigenvalue weighted by Gasteiger charge is 2.23. The number of benzene rings is 1. The topological polar surface area (TPSA) is 25.8 Å². The van der Waals surface area contributed by atoms with Crippen LogP contribution in [0.15, 0.2) is 30.3 Å². The first-order chi connectivity index (χ1) is 9.61. The van der Waals surface area contributed by atoms with Gasteiger partial charge in [-0.25, -0.2) is 9.97 Å². The Morgan fingerprint density at radius 2 is 2.00 bits per heavy atom. The van der Waals surface area contributed by atoms with Crippen LogP contribution in [0.3, 0.4) is 0 Å². The molecule has 1 aromatic carbocycles. The fourth-order valence-corrected chi connectivity index (χ4v) is 2.67. The van der Waals surface area contributed by atoms with Crippen LogP contribution in [-0.2, 0) is 6.42 Å². The van der Waals surface area contributed by atoms with Crippen LogP contribution in [0.4, 0.5) is 0 Å². The van der Waals surface area contributed by atoms with Crippen molar-refractivity contribution in [3.63, 3.8) is 0 Å². The second kappa shape index (κ2) is 5.53. The Hall–Kier alpha value is -1.41. The molecule has 0 amide bonds. The minimum absolute atomic E-state index is 0.530. The van der Waals surface area contributed by atoms with Crippen LogP contribution >= 0.6 is 11.6 Å². The third-order valence-electron chi connectivity index (χ3n) is 3.56. The van der Waals surface area contributed by atoms with Crippen LogP contribution in [0.5, 0.6) is 0 Å². The van der Waals surface area contributed by atoms with Gasteiger partial charge in [-0.1, -0.05) is 43.6 Å². The van der Waals surface area contributed by atoms with Crippen LogP contribution in [0.25, 0.3) is 11.4 Å². The Morgan fingerprint density at radius 3 is 2.70 bits per heavy atom. The molecule has 1 aromatic heterocycles. The first kappa shape index (κ1) is 13.6. The fraction of sp³-hybridized carbons (Fsp3) is 0.412. The van der Waals surface area contributed by atoms with E-state index in [9.17, 15) is 0 Å². The van der Waals surface area contributed by atoms with Crippen molar-refractivity contribution in [3.8, 4) is 11.4 Å². The van der Waals surface area contributed by atoms with Gasteiger partial charge in [0, 0.05) is 11.3 Å². The molecule has 1 fully saturated rings. The highest BCUT2D eigenvalue weighted by atomic mass is 35.5. The summed E-state index contributed by atoms with van der Waals surface area (Å²) in [6.45, 7) is 4.37. The van der Waals surface area contributed by atoms with Crippen molar-refractivity contribution in [2.75, 3.05) is 0 Å². The average Bonchev–Trinajstić information content (AvgIpc) is 3.21. The summed E-state index contributed by atoms with van der Waals surface area (Å²) in [6, 6.07) is 10.4. The van der Waals surface area contributed by atoms with Crippen LogP contribution in [0.1, 0.15) is 43.9 Å². The lowest BCUT2D eigenvalue weighted by Gasteiger charge is -2.08. The van der Waals surface area contributed by atoms with E-state index in [1.54, 1.807) is 0 Å². The average molecular weight is 287 g/mol. The van der Waals surface area contributed by atoms with Crippen molar-refractivity contribution < 1.29 is 0 Å². The first-order valence-corrected chi connectivity index (χ1v) is 7.63. The Kier molecular flexibility index (Phi) is 3.75. The van der Waals surface area contributed by atoms with Crippen molar-refractivity contribution in [3.05, 3.63) is 46.7 Å². The molecule has 0 atom stereocenters. The Labute approximate surface area is 125 Å². The number of hydrogen-bond acceptors (Lipinski definition) is 2. The van der Waals surface area contributed by atoms with Crippen LogP contribution < -0.4 is 0 Å². The summed E-state index contributed by atoms with van der Waals surface area (Å²) in [7, 11) is 0. The van der Waals surface area contributed by atoms with Crippen molar-refractivity contribution in [2.24, 2.45) is 5.92 Å². The van der Waals surface area contributed by atoms with Crippen molar-refractivity contribution in [1.29, 1.82) is 0 Å². The van der Waals surface area contributed by atoms with Crippen LogP contribution in [-0.4, -0.2) is 9.97 Å². The third kappa shape index (κ3) is 3.18. The molecule has 0 saturated heterocycles. The third-order valence-corrected chi connectivity index (χ3v) is 3.75. The molecule has 1 aliphatic carbocycles. The van der Waals surface area contributed by atoms with Crippen molar-refractivity contribution >= 4 is 11.6 Å². The molecule has 0 radical (unpaired) electrons. The smallest absolute Gasteiger partial charge is 0.161 e. The van der Waals surface area contributed by atoms with E-state index in [2.05, 4.69) is 48.1 Å². The lowest BCUT2D eigenvalue weighted by molar-refractivity contribution is 0.634. The normalized spacial score (nSPS) is 14.8. The van der Waals surface area contributed by atoms with Gasteiger partial charge in [-0.15, -0.1) is 0 Å². The summed E-state index contributed by atoms with van der Waals surface area (Å²) in [4.78, 5) is 9.06. The predicted octanol–water partition coefficient (Wildman–Crippen LogP) is 4.87. The molecule has 0 N–H and O–H groups in total. The summed E-state index contributed by atoms with van der Waals surface area (Å²) in [5, 5.41) is 0.530. The minimum Gasteiger partial charge on any atom is -0.233 e. The van der Waals surface area contributed by atoms with E-state index in [1.165, 1.54) is 18.4 Å². The summed E-state index contributed by atoms with van der Waals surface area (Å²) in [5.41, 5.74) is 3.49. The highest BCUT2D eigenvalue weighted by Crippen LogP contribution is 2.40. The maximum atomic E-state index is 6.15. The molecule has 20 heavy (non-hydrogen) atoms. The number of rotatable bonds is 4. The Morgan fingerprint density at radius 1 is 1.20 bits per heavy atom. The molecular weight excluding hydrogens is 268 g/mol. The van der Waals surface area contributed by atoms with Gasteiger partial charge in [0.15, 0.2) is 5.82 Å². The molecule has 1 aliphatic rings. The molecule has 2 aromatic rings. The number of aromatic nitrogens is 2. The van der Waals surface area contributed by atoms with E-state index in [1.807, 2.05) is 6.07 Å². The first-order valence-electron chi connectivity index (χ1n) is 7.25. The molecular formula is C17H19ClN2. The van der Waals surface area contributed by atoms with E-state index in [-0.39, 0.29) is 0 Å². The number of nitrogens with zero attached hydrogens (tertiary/aromatic N) is 2. The Bertz CT molecular complexity index is 618. The largest absolute Gasteiger partial charge is 0.233 e. The molecule has 0 aliphatic heterocycles. The maximum absolute atomic E-state index is 6.15. The van der Waals surface area contributed by atoms with Gasteiger partial charge in [-0.3, -0.25) is 0 Å². The van der Waals surface area contributed by atoms with E-state index >= 15 is 0 Å². The van der Waals surface area contributed by atoms with Gasteiger partial charge in [0.25, 0.3) is 0 Å². The second-order valence-corrected chi connectivity index (χ2v) is 6.39. The summed E-state index contributed by atoms with van der Waals surface area (Å²) < 4.78 is 0.